The number of benzene rings is 1. The lowest BCUT2D eigenvalue weighted by Crippen LogP contribution is -2.31. The average Bonchev–Trinajstić information content (AvgIpc) is 2.66. The number of aromatic nitrogens is 2. The van der Waals surface area contributed by atoms with Crippen LogP contribution in [0.3, 0.4) is 0 Å². The minimum Gasteiger partial charge on any atom is -0.330 e. The molecule has 0 bridgehead atoms. The Hall–Kier alpha value is -1.40. The summed E-state index contributed by atoms with van der Waals surface area (Å²) in [6.07, 6.45) is 1.23. The molecule has 0 atom stereocenters. The summed E-state index contributed by atoms with van der Waals surface area (Å²) >= 11 is 0. The van der Waals surface area contributed by atoms with Crippen LogP contribution in [-0.2, 0) is 28.2 Å². The van der Waals surface area contributed by atoms with E-state index in [1.54, 1.807) is 13.8 Å². The number of sulfone groups is 1. The molecule has 0 unspecified atom stereocenters. The second-order valence-corrected chi connectivity index (χ2v) is 7.83. The van der Waals surface area contributed by atoms with Crippen LogP contribution in [-0.4, -0.2) is 24.2 Å². The van der Waals surface area contributed by atoms with Gasteiger partial charge >= 0.3 is 0 Å². The predicted molar refractivity (Wildman–Crippen MR) is 76.5 cm³/mol. The molecule has 2 N–H and O–H groups in total. The first-order valence-electron chi connectivity index (χ1n) is 6.04. The zero-order valence-corrected chi connectivity index (χ0v) is 12.5. The van der Waals surface area contributed by atoms with Gasteiger partial charge in [-0.2, -0.15) is 0 Å². The number of nitrogens with two attached hydrogens (primary N) is 1. The van der Waals surface area contributed by atoms with Crippen molar-refractivity contribution in [1.82, 2.24) is 9.55 Å². The highest BCUT2D eigenvalue weighted by molar-refractivity contribution is 7.91. The summed E-state index contributed by atoms with van der Waals surface area (Å²) in [6, 6.07) is 5.74. The maximum Gasteiger partial charge on any atom is 0.159 e. The molecule has 104 valence electrons. The van der Waals surface area contributed by atoms with E-state index in [9.17, 15) is 8.42 Å². The van der Waals surface area contributed by atoms with Crippen molar-refractivity contribution in [3.8, 4) is 0 Å². The van der Waals surface area contributed by atoms with E-state index in [4.69, 9.17) is 5.73 Å². The lowest BCUT2D eigenvalue weighted by Gasteiger charge is -2.21. The second kappa shape index (κ2) is 4.31. The predicted octanol–water partition coefficient (Wildman–Crippen LogP) is 1.31. The minimum atomic E-state index is -3.26. The maximum absolute atomic E-state index is 12.0. The molecule has 0 amide bonds. The van der Waals surface area contributed by atoms with E-state index in [2.05, 4.69) is 4.98 Å². The quantitative estimate of drug-likeness (QED) is 0.920. The van der Waals surface area contributed by atoms with Crippen LogP contribution in [0.2, 0.25) is 0 Å². The van der Waals surface area contributed by atoms with Gasteiger partial charge < -0.3 is 10.3 Å². The Kier molecular flexibility index (Phi) is 3.18. The first-order valence-corrected chi connectivity index (χ1v) is 7.93. The molecule has 0 aliphatic rings. The number of imidazole rings is 1. The molecule has 0 spiro atoms. The normalized spacial score (nSPS) is 13.1. The van der Waals surface area contributed by atoms with E-state index in [1.165, 1.54) is 6.26 Å². The van der Waals surface area contributed by atoms with E-state index in [0.29, 0.717) is 12.4 Å². The molecule has 0 fully saturated rings. The third-order valence-electron chi connectivity index (χ3n) is 3.68. The molecule has 5 nitrogen and oxygen atoms in total. The van der Waals surface area contributed by atoms with Gasteiger partial charge in [-0.15, -0.1) is 0 Å². The van der Waals surface area contributed by atoms with E-state index in [0.717, 1.165) is 16.6 Å². The average molecular weight is 281 g/mol. The summed E-state index contributed by atoms with van der Waals surface area (Å²) in [4.78, 5) is 4.52. The second-order valence-electron chi connectivity index (χ2n) is 5.27. The van der Waals surface area contributed by atoms with Gasteiger partial charge in [-0.25, -0.2) is 13.4 Å². The minimum absolute atomic E-state index is 0.382. The first-order chi connectivity index (χ1) is 8.70. The monoisotopic (exact) mass is 281 g/mol. The van der Waals surface area contributed by atoms with Gasteiger partial charge in [0.15, 0.2) is 9.84 Å². The van der Waals surface area contributed by atoms with Gasteiger partial charge in [-0.1, -0.05) is 12.1 Å². The molecule has 0 saturated heterocycles. The molecule has 1 heterocycles. The van der Waals surface area contributed by atoms with E-state index in [-0.39, 0.29) is 0 Å². The molecular weight excluding hydrogens is 262 g/mol. The Morgan fingerprint density at radius 3 is 2.53 bits per heavy atom. The molecule has 0 aliphatic carbocycles. The highest BCUT2D eigenvalue weighted by Crippen LogP contribution is 2.31. The summed E-state index contributed by atoms with van der Waals surface area (Å²) < 4.78 is 24.7. The SMILES string of the molecule is Cn1c(C(C)(C)S(C)(=O)=O)nc2c(CN)cccc21. The topological polar surface area (TPSA) is 78.0 Å². The fourth-order valence-corrected chi connectivity index (χ4v) is 2.66. The van der Waals surface area contributed by atoms with Crippen LogP contribution in [0.1, 0.15) is 25.2 Å². The molecule has 2 aromatic rings. The van der Waals surface area contributed by atoms with Crippen LogP contribution in [0.5, 0.6) is 0 Å². The lowest BCUT2D eigenvalue weighted by molar-refractivity contribution is 0.543. The van der Waals surface area contributed by atoms with Crippen molar-refractivity contribution in [1.29, 1.82) is 0 Å². The van der Waals surface area contributed by atoms with Crippen LogP contribution in [0.25, 0.3) is 11.0 Å². The van der Waals surface area contributed by atoms with Crippen molar-refractivity contribution in [2.24, 2.45) is 12.8 Å². The summed E-state index contributed by atoms with van der Waals surface area (Å²) in [5, 5.41) is 0. The maximum atomic E-state index is 12.0. The van der Waals surface area contributed by atoms with Crippen molar-refractivity contribution in [2.45, 2.75) is 25.1 Å². The summed E-state index contributed by atoms with van der Waals surface area (Å²) in [5.41, 5.74) is 8.30. The van der Waals surface area contributed by atoms with Gasteiger partial charge in [0.05, 0.1) is 11.0 Å². The largest absolute Gasteiger partial charge is 0.330 e. The first kappa shape index (κ1) is 14.0. The number of hydrogen-bond acceptors (Lipinski definition) is 4. The van der Waals surface area contributed by atoms with Gasteiger partial charge in [0, 0.05) is 19.8 Å². The highest BCUT2D eigenvalue weighted by Gasteiger charge is 2.37. The number of fused-ring (bicyclic) bond motifs is 1. The molecule has 2 rings (SSSR count). The standard InChI is InChI=1S/C13H19N3O2S/c1-13(2,19(4,17)18)12-15-11-9(8-14)6-5-7-10(11)16(12)3/h5-7H,8,14H2,1-4H3. The van der Waals surface area contributed by atoms with Gasteiger partial charge in [-0.05, 0) is 25.5 Å². The molecule has 0 saturated carbocycles. The van der Waals surface area contributed by atoms with Crippen molar-refractivity contribution in [3.05, 3.63) is 29.6 Å². The smallest absolute Gasteiger partial charge is 0.159 e. The molecule has 0 aliphatic heterocycles. The Balaban J connectivity index is 2.81. The third-order valence-corrected chi connectivity index (χ3v) is 5.72. The van der Waals surface area contributed by atoms with Gasteiger partial charge in [0.25, 0.3) is 0 Å². The Bertz CT molecular complexity index is 730. The number of nitrogens with zero attached hydrogens (tertiary/aromatic N) is 2. The zero-order valence-electron chi connectivity index (χ0n) is 11.6. The number of hydrogen-bond donors (Lipinski definition) is 1. The fourth-order valence-electron chi connectivity index (χ4n) is 2.14. The van der Waals surface area contributed by atoms with Crippen molar-refractivity contribution < 1.29 is 8.42 Å². The van der Waals surface area contributed by atoms with E-state index < -0.39 is 14.6 Å². The summed E-state index contributed by atoms with van der Waals surface area (Å²) in [7, 11) is -1.43. The van der Waals surface area contributed by atoms with Crippen LogP contribution < -0.4 is 5.73 Å². The highest BCUT2D eigenvalue weighted by atomic mass is 32.2. The van der Waals surface area contributed by atoms with Crippen LogP contribution in [0, 0.1) is 0 Å². The van der Waals surface area contributed by atoms with Crippen LogP contribution in [0.4, 0.5) is 0 Å². The van der Waals surface area contributed by atoms with Crippen LogP contribution in [0.15, 0.2) is 18.2 Å². The number of rotatable bonds is 3. The van der Waals surface area contributed by atoms with Gasteiger partial charge in [0.2, 0.25) is 0 Å². The molecule has 0 radical (unpaired) electrons. The molecule has 6 heteroatoms. The van der Waals surface area contributed by atoms with E-state index in [1.807, 2.05) is 29.8 Å². The Labute approximate surface area is 113 Å². The van der Waals surface area contributed by atoms with Gasteiger partial charge in [-0.3, -0.25) is 0 Å². The summed E-state index contributed by atoms with van der Waals surface area (Å²) in [5.74, 6) is 0.533. The fraction of sp³-hybridized carbons (Fsp3) is 0.462. The van der Waals surface area contributed by atoms with Crippen molar-refractivity contribution >= 4 is 20.9 Å². The van der Waals surface area contributed by atoms with Crippen molar-refractivity contribution in [2.75, 3.05) is 6.26 Å². The van der Waals surface area contributed by atoms with E-state index >= 15 is 0 Å². The zero-order chi connectivity index (χ0) is 14.4. The Morgan fingerprint density at radius 1 is 1.37 bits per heavy atom. The molecule has 1 aromatic carbocycles. The number of para-hydroxylation sites is 1. The molecular formula is C13H19N3O2S. The van der Waals surface area contributed by atoms with Crippen LogP contribution >= 0.6 is 0 Å². The lowest BCUT2D eigenvalue weighted by atomic mass is 10.2. The van der Waals surface area contributed by atoms with Crippen molar-refractivity contribution in [3.63, 3.8) is 0 Å². The Morgan fingerprint density at radius 2 is 2.00 bits per heavy atom. The van der Waals surface area contributed by atoms with Gasteiger partial charge in [0.1, 0.15) is 10.6 Å². The summed E-state index contributed by atoms with van der Waals surface area (Å²) in [6.45, 7) is 3.73. The third kappa shape index (κ3) is 2.04. The molecule has 19 heavy (non-hydrogen) atoms. The number of aryl methyl sites for hydroxylation is 1. The molecule has 1 aromatic heterocycles.